The van der Waals surface area contributed by atoms with E-state index in [0.29, 0.717) is 24.8 Å². The second kappa shape index (κ2) is 18.0. The van der Waals surface area contributed by atoms with Crippen molar-refractivity contribution < 1.29 is 33.4 Å². The van der Waals surface area contributed by atoms with Crippen LogP contribution in [0.5, 0.6) is 17.2 Å². The third-order valence-corrected chi connectivity index (χ3v) is 7.55. The molecule has 0 spiro atoms. The van der Waals surface area contributed by atoms with Gasteiger partial charge in [-0.1, -0.05) is 109 Å². The van der Waals surface area contributed by atoms with Crippen molar-refractivity contribution in [1.82, 2.24) is 0 Å². The van der Waals surface area contributed by atoms with E-state index in [2.05, 4.69) is 20.8 Å². The van der Waals surface area contributed by atoms with Crippen LogP contribution in [0.15, 0.2) is 45.6 Å². The average Bonchev–Trinajstić information content (AvgIpc) is 3.01. The molecule has 1 N–H and O–H groups in total. The van der Waals surface area contributed by atoms with Crippen molar-refractivity contribution in [1.29, 1.82) is 0 Å². The number of esters is 2. The maximum absolute atomic E-state index is 14.2. The standard InChI is InChI=1S/C36H46O8/c1-4-7-10-16-21-26(37)31-27(38)24-28-32(35(31)43-29(39)22-17-11-8-5-2)33(41)36(44-30(40)23-18-12-9-6-3)34(42-28)25-19-14-13-15-20-25/h13-15,19-20,24,38H,4-12,16-18,21-23H2,1-3H3. The zero-order valence-electron chi connectivity index (χ0n) is 26.4. The molecule has 0 saturated carbocycles. The summed E-state index contributed by atoms with van der Waals surface area (Å²) in [5.74, 6) is -2.82. The number of hydrogen-bond donors (Lipinski definition) is 1. The van der Waals surface area contributed by atoms with Crippen LogP contribution in [0.2, 0.25) is 0 Å². The van der Waals surface area contributed by atoms with E-state index in [1.54, 1.807) is 30.3 Å². The van der Waals surface area contributed by atoms with Crippen molar-refractivity contribution in [3.8, 4) is 28.6 Å². The Kier molecular flexibility index (Phi) is 14.1. The van der Waals surface area contributed by atoms with E-state index in [1.165, 1.54) is 6.07 Å². The van der Waals surface area contributed by atoms with Crippen molar-refractivity contribution in [2.24, 2.45) is 0 Å². The molecule has 44 heavy (non-hydrogen) atoms. The average molecular weight is 607 g/mol. The van der Waals surface area contributed by atoms with E-state index < -0.39 is 28.9 Å². The van der Waals surface area contributed by atoms with Crippen molar-refractivity contribution in [3.05, 3.63) is 52.2 Å². The molecule has 0 atom stereocenters. The van der Waals surface area contributed by atoms with E-state index in [9.17, 15) is 24.3 Å². The first-order valence-electron chi connectivity index (χ1n) is 16.2. The second-order valence-corrected chi connectivity index (χ2v) is 11.2. The highest BCUT2D eigenvalue weighted by atomic mass is 16.5. The van der Waals surface area contributed by atoms with Crippen molar-refractivity contribution in [2.75, 3.05) is 0 Å². The largest absolute Gasteiger partial charge is 0.507 e. The predicted molar refractivity (Wildman–Crippen MR) is 171 cm³/mol. The lowest BCUT2D eigenvalue weighted by molar-refractivity contribution is -0.135. The molecule has 0 bridgehead atoms. The Morgan fingerprint density at radius 2 is 1.23 bits per heavy atom. The SMILES string of the molecule is CCCCCCC(=O)Oc1c(-c2ccccc2)oc2cc(O)c(C(=O)CCCCCC)c(OC(=O)CCCCCC)c2c1=O. The third-order valence-electron chi connectivity index (χ3n) is 7.55. The van der Waals surface area contributed by atoms with Crippen LogP contribution in [-0.2, 0) is 9.59 Å². The molecule has 238 valence electrons. The van der Waals surface area contributed by atoms with Gasteiger partial charge in [-0.15, -0.1) is 0 Å². The van der Waals surface area contributed by atoms with Gasteiger partial charge in [0.05, 0.1) is 0 Å². The highest BCUT2D eigenvalue weighted by Gasteiger charge is 2.29. The fourth-order valence-electron chi connectivity index (χ4n) is 5.09. The number of unbranched alkanes of at least 4 members (excludes halogenated alkanes) is 9. The smallest absolute Gasteiger partial charge is 0.311 e. The monoisotopic (exact) mass is 606 g/mol. The molecule has 8 heteroatoms. The predicted octanol–water partition coefficient (Wildman–Crippen LogP) is 9.07. The summed E-state index contributed by atoms with van der Waals surface area (Å²) in [5.41, 5.74) is -0.621. The van der Waals surface area contributed by atoms with Crippen LogP contribution < -0.4 is 14.9 Å². The molecule has 0 aliphatic carbocycles. The van der Waals surface area contributed by atoms with Gasteiger partial charge >= 0.3 is 11.9 Å². The summed E-state index contributed by atoms with van der Waals surface area (Å²) in [7, 11) is 0. The van der Waals surface area contributed by atoms with Crippen LogP contribution in [0.1, 0.15) is 127 Å². The summed E-state index contributed by atoms with van der Waals surface area (Å²) in [6.45, 7) is 6.20. The highest BCUT2D eigenvalue weighted by Crippen LogP contribution is 2.40. The van der Waals surface area contributed by atoms with Gasteiger partial charge in [0.15, 0.2) is 17.3 Å². The molecule has 0 fully saturated rings. The van der Waals surface area contributed by atoms with Gasteiger partial charge in [0.25, 0.3) is 0 Å². The fraction of sp³-hybridized carbons (Fsp3) is 0.500. The van der Waals surface area contributed by atoms with Crippen LogP contribution in [0.4, 0.5) is 0 Å². The number of ketones is 1. The van der Waals surface area contributed by atoms with Crippen LogP contribution in [0.3, 0.4) is 0 Å². The number of aromatic hydroxyl groups is 1. The van der Waals surface area contributed by atoms with E-state index in [0.717, 1.165) is 57.8 Å². The molecule has 0 aliphatic heterocycles. The van der Waals surface area contributed by atoms with Crippen molar-refractivity contribution >= 4 is 28.7 Å². The Hall–Kier alpha value is -3.94. The first-order chi connectivity index (χ1) is 21.3. The maximum atomic E-state index is 14.2. The molecule has 0 unspecified atom stereocenters. The molecular weight excluding hydrogens is 560 g/mol. The van der Waals surface area contributed by atoms with E-state index in [1.807, 2.05) is 0 Å². The first kappa shape index (κ1) is 34.5. The summed E-state index contributed by atoms with van der Waals surface area (Å²) in [6.07, 6.45) is 10.5. The van der Waals surface area contributed by atoms with Gasteiger partial charge in [0.2, 0.25) is 11.2 Å². The van der Waals surface area contributed by atoms with Crippen LogP contribution in [-0.4, -0.2) is 22.8 Å². The first-order valence-corrected chi connectivity index (χ1v) is 16.2. The van der Waals surface area contributed by atoms with Gasteiger partial charge in [-0.05, 0) is 19.3 Å². The zero-order chi connectivity index (χ0) is 31.9. The normalized spacial score (nSPS) is 11.1. The van der Waals surface area contributed by atoms with Crippen LogP contribution in [0.25, 0.3) is 22.3 Å². The van der Waals surface area contributed by atoms with E-state index >= 15 is 0 Å². The van der Waals surface area contributed by atoms with Crippen LogP contribution >= 0.6 is 0 Å². The molecule has 0 amide bonds. The second-order valence-electron chi connectivity index (χ2n) is 11.2. The quantitative estimate of drug-likeness (QED) is 0.0621. The summed E-state index contributed by atoms with van der Waals surface area (Å²) in [5, 5.41) is 10.8. The lowest BCUT2D eigenvalue weighted by atomic mass is 9.99. The van der Waals surface area contributed by atoms with Crippen LogP contribution in [0, 0.1) is 0 Å². The molecule has 3 rings (SSSR count). The number of fused-ring (bicyclic) bond motifs is 1. The molecule has 1 aromatic heterocycles. The number of carbonyl (C=O) groups is 3. The van der Waals surface area contributed by atoms with Gasteiger partial charge in [-0.2, -0.15) is 0 Å². The van der Waals surface area contributed by atoms with Crippen molar-refractivity contribution in [2.45, 2.75) is 117 Å². The fourth-order valence-corrected chi connectivity index (χ4v) is 5.09. The van der Waals surface area contributed by atoms with Gasteiger partial charge < -0.3 is 19.0 Å². The molecular formula is C36H46O8. The third kappa shape index (κ3) is 9.53. The van der Waals surface area contributed by atoms with Crippen molar-refractivity contribution in [3.63, 3.8) is 0 Å². The van der Waals surface area contributed by atoms with Gasteiger partial charge in [0.1, 0.15) is 22.3 Å². The number of rotatable bonds is 19. The number of ether oxygens (including phenoxy) is 2. The summed E-state index contributed by atoms with van der Waals surface area (Å²) in [6, 6.07) is 9.89. The topological polar surface area (TPSA) is 120 Å². The summed E-state index contributed by atoms with van der Waals surface area (Å²) >= 11 is 0. The molecule has 1 heterocycles. The lowest BCUT2D eigenvalue weighted by Crippen LogP contribution is -2.19. The minimum absolute atomic E-state index is 0.0000995. The number of Topliss-reactive ketones (excluding diaryl/α,β-unsaturated/α-hetero) is 1. The highest BCUT2D eigenvalue weighted by molar-refractivity contribution is 6.08. The molecule has 8 nitrogen and oxygen atoms in total. The Bertz CT molecular complexity index is 1450. The molecule has 0 aliphatic rings. The Morgan fingerprint density at radius 3 is 1.77 bits per heavy atom. The molecule has 0 saturated heterocycles. The number of phenols is 1. The number of hydrogen-bond acceptors (Lipinski definition) is 8. The number of benzene rings is 2. The summed E-state index contributed by atoms with van der Waals surface area (Å²) in [4.78, 5) is 53.5. The maximum Gasteiger partial charge on any atom is 0.311 e. The lowest BCUT2D eigenvalue weighted by Gasteiger charge is -2.16. The number of carbonyl (C=O) groups excluding carboxylic acids is 3. The molecule has 3 aromatic rings. The van der Waals surface area contributed by atoms with Gasteiger partial charge in [-0.3, -0.25) is 19.2 Å². The van der Waals surface area contributed by atoms with E-state index in [4.69, 9.17) is 13.9 Å². The summed E-state index contributed by atoms with van der Waals surface area (Å²) < 4.78 is 17.5. The van der Waals surface area contributed by atoms with E-state index in [-0.39, 0.29) is 53.1 Å². The Balaban J connectivity index is 2.17. The zero-order valence-corrected chi connectivity index (χ0v) is 26.4. The minimum Gasteiger partial charge on any atom is -0.507 e. The Morgan fingerprint density at radius 1 is 0.705 bits per heavy atom. The number of phenolic OH excluding ortho intramolecular Hbond substituents is 1. The molecule has 0 radical (unpaired) electrons. The Labute approximate surface area is 259 Å². The minimum atomic E-state index is -0.763. The molecule has 2 aromatic carbocycles. The van der Waals surface area contributed by atoms with Gasteiger partial charge in [-0.25, -0.2) is 0 Å². The van der Waals surface area contributed by atoms with Gasteiger partial charge in [0, 0.05) is 30.9 Å².